The summed E-state index contributed by atoms with van der Waals surface area (Å²) in [6.07, 6.45) is 0. The number of rotatable bonds is 4. The number of carbonyl (C=O) groups excluding carboxylic acids is 1. The van der Waals surface area contributed by atoms with Gasteiger partial charge in [0.15, 0.2) is 0 Å². The number of nitrogens with one attached hydrogen (secondary N) is 1. The molecule has 1 N–H and O–H groups in total. The monoisotopic (exact) mass is 315 g/mol. The molecule has 94 valence electrons. The number of thioether (sulfide) groups is 1. The summed E-state index contributed by atoms with van der Waals surface area (Å²) in [7, 11) is 0. The third kappa shape index (κ3) is 6.13. The van der Waals surface area contributed by atoms with Crippen LogP contribution in [0, 0.1) is 0 Å². The first-order valence-electron chi connectivity index (χ1n) is 5.50. The highest BCUT2D eigenvalue weighted by molar-refractivity contribution is 9.10. The van der Waals surface area contributed by atoms with Crippen LogP contribution in [0.15, 0.2) is 28.7 Å². The van der Waals surface area contributed by atoms with E-state index < -0.39 is 0 Å². The summed E-state index contributed by atoms with van der Waals surface area (Å²) in [5, 5.41) is 2.95. The second-order valence-corrected chi connectivity index (χ2v) is 6.72. The Balaban J connectivity index is 2.34. The Hall–Kier alpha value is -0.480. The molecule has 17 heavy (non-hydrogen) atoms. The Morgan fingerprint density at radius 1 is 1.35 bits per heavy atom. The molecule has 0 unspecified atom stereocenters. The molecule has 0 radical (unpaired) electrons. The molecule has 0 saturated carbocycles. The van der Waals surface area contributed by atoms with E-state index in [-0.39, 0.29) is 11.4 Å². The van der Waals surface area contributed by atoms with Crippen LogP contribution >= 0.6 is 27.7 Å². The summed E-state index contributed by atoms with van der Waals surface area (Å²) >= 11 is 5.13. The molecule has 0 bridgehead atoms. The number of hydrogen-bond donors (Lipinski definition) is 1. The fourth-order valence-corrected chi connectivity index (χ4v) is 2.77. The molecule has 0 saturated heterocycles. The zero-order valence-corrected chi connectivity index (χ0v) is 12.8. The number of halogens is 1. The van der Waals surface area contributed by atoms with E-state index in [1.165, 1.54) is 5.56 Å². The Labute approximate surface area is 116 Å². The van der Waals surface area contributed by atoms with Crippen molar-refractivity contribution in [2.75, 3.05) is 5.75 Å². The quantitative estimate of drug-likeness (QED) is 0.919. The number of hydrogen-bond acceptors (Lipinski definition) is 2. The van der Waals surface area contributed by atoms with E-state index in [0.717, 1.165) is 10.2 Å². The predicted molar refractivity (Wildman–Crippen MR) is 78.2 cm³/mol. The summed E-state index contributed by atoms with van der Waals surface area (Å²) in [4.78, 5) is 11.6. The van der Waals surface area contributed by atoms with Gasteiger partial charge in [0.25, 0.3) is 0 Å². The minimum Gasteiger partial charge on any atom is -0.351 e. The van der Waals surface area contributed by atoms with Gasteiger partial charge in [0.1, 0.15) is 0 Å². The molecule has 0 aromatic heterocycles. The van der Waals surface area contributed by atoms with E-state index in [1.807, 2.05) is 39.0 Å². The average molecular weight is 316 g/mol. The van der Waals surface area contributed by atoms with Crippen molar-refractivity contribution in [3.63, 3.8) is 0 Å². The van der Waals surface area contributed by atoms with Gasteiger partial charge in [-0.3, -0.25) is 4.79 Å². The van der Waals surface area contributed by atoms with Gasteiger partial charge in [0, 0.05) is 15.8 Å². The molecule has 0 fully saturated rings. The summed E-state index contributed by atoms with van der Waals surface area (Å²) in [6, 6.07) is 8.09. The van der Waals surface area contributed by atoms with Crippen LogP contribution in [0.3, 0.4) is 0 Å². The molecule has 1 aromatic carbocycles. The van der Waals surface area contributed by atoms with Gasteiger partial charge in [0.05, 0.1) is 5.75 Å². The highest BCUT2D eigenvalue weighted by Gasteiger charge is 2.13. The largest absolute Gasteiger partial charge is 0.351 e. The normalized spacial score (nSPS) is 11.3. The van der Waals surface area contributed by atoms with Crippen molar-refractivity contribution in [3.8, 4) is 0 Å². The maximum Gasteiger partial charge on any atom is 0.230 e. The van der Waals surface area contributed by atoms with Crippen molar-refractivity contribution in [1.29, 1.82) is 0 Å². The smallest absolute Gasteiger partial charge is 0.230 e. The molecule has 1 rings (SSSR count). The first-order chi connectivity index (χ1) is 7.88. The van der Waals surface area contributed by atoms with Gasteiger partial charge in [-0.05, 0) is 32.4 Å². The number of amides is 1. The second kappa shape index (κ2) is 6.45. The Morgan fingerprint density at radius 3 is 2.59 bits per heavy atom. The fourth-order valence-electron chi connectivity index (χ4n) is 1.32. The van der Waals surface area contributed by atoms with Gasteiger partial charge in [0.2, 0.25) is 5.91 Å². The third-order valence-electron chi connectivity index (χ3n) is 1.96. The van der Waals surface area contributed by atoms with E-state index in [2.05, 4.69) is 27.3 Å². The molecule has 1 amide bonds. The lowest BCUT2D eigenvalue weighted by molar-refractivity contribution is -0.119. The van der Waals surface area contributed by atoms with E-state index in [1.54, 1.807) is 11.8 Å². The molecule has 0 spiro atoms. The van der Waals surface area contributed by atoms with Crippen LogP contribution in [0.1, 0.15) is 26.3 Å². The Kier molecular flexibility index (Phi) is 5.53. The molecule has 1 aromatic rings. The van der Waals surface area contributed by atoms with Gasteiger partial charge in [-0.25, -0.2) is 0 Å². The van der Waals surface area contributed by atoms with Gasteiger partial charge >= 0.3 is 0 Å². The number of carbonyl (C=O) groups is 1. The maximum atomic E-state index is 11.6. The summed E-state index contributed by atoms with van der Waals surface area (Å²) in [6.45, 7) is 5.97. The highest BCUT2D eigenvalue weighted by Crippen LogP contribution is 2.21. The minimum absolute atomic E-state index is 0.0922. The first-order valence-corrected chi connectivity index (χ1v) is 7.45. The van der Waals surface area contributed by atoms with Crippen molar-refractivity contribution >= 4 is 33.6 Å². The van der Waals surface area contributed by atoms with Crippen molar-refractivity contribution < 1.29 is 4.79 Å². The van der Waals surface area contributed by atoms with Gasteiger partial charge < -0.3 is 5.32 Å². The molecule has 0 atom stereocenters. The van der Waals surface area contributed by atoms with Gasteiger partial charge in [-0.2, -0.15) is 0 Å². The van der Waals surface area contributed by atoms with Crippen LogP contribution in [0.5, 0.6) is 0 Å². The summed E-state index contributed by atoms with van der Waals surface area (Å²) in [5.74, 6) is 1.44. The Bertz CT molecular complexity index is 387. The molecule has 0 aliphatic carbocycles. The second-order valence-electron chi connectivity index (χ2n) is 4.88. The topological polar surface area (TPSA) is 29.1 Å². The van der Waals surface area contributed by atoms with E-state index >= 15 is 0 Å². The van der Waals surface area contributed by atoms with Crippen molar-refractivity contribution in [2.24, 2.45) is 0 Å². The minimum atomic E-state index is -0.148. The lowest BCUT2D eigenvalue weighted by Gasteiger charge is -2.20. The predicted octanol–water partition coefficient (Wildman–Crippen LogP) is 3.60. The van der Waals surface area contributed by atoms with Crippen LogP contribution in [-0.2, 0) is 10.5 Å². The van der Waals surface area contributed by atoms with Crippen LogP contribution in [0.4, 0.5) is 0 Å². The van der Waals surface area contributed by atoms with E-state index in [0.29, 0.717) is 5.75 Å². The van der Waals surface area contributed by atoms with E-state index in [4.69, 9.17) is 0 Å². The summed E-state index contributed by atoms with van der Waals surface area (Å²) < 4.78 is 1.10. The van der Waals surface area contributed by atoms with Crippen LogP contribution in [0.2, 0.25) is 0 Å². The lowest BCUT2D eigenvalue weighted by atomic mass is 10.1. The lowest BCUT2D eigenvalue weighted by Crippen LogP contribution is -2.41. The third-order valence-corrected chi connectivity index (χ3v) is 3.72. The molecular weight excluding hydrogens is 298 g/mol. The van der Waals surface area contributed by atoms with Crippen LogP contribution in [-0.4, -0.2) is 17.2 Å². The Morgan fingerprint density at radius 2 is 2.00 bits per heavy atom. The molecule has 0 aliphatic heterocycles. The van der Waals surface area contributed by atoms with Gasteiger partial charge in [-0.15, -0.1) is 11.8 Å². The molecule has 4 heteroatoms. The van der Waals surface area contributed by atoms with Crippen molar-refractivity contribution in [2.45, 2.75) is 32.1 Å². The van der Waals surface area contributed by atoms with Crippen LogP contribution < -0.4 is 5.32 Å². The molecular formula is C13H18BrNOS. The summed E-state index contributed by atoms with van der Waals surface area (Å²) in [5.41, 5.74) is 1.08. The van der Waals surface area contributed by atoms with Crippen molar-refractivity contribution in [1.82, 2.24) is 5.32 Å². The average Bonchev–Trinajstić information content (AvgIpc) is 2.18. The zero-order chi connectivity index (χ0) is 12.9. The highest BCUT2D eigenvalue weighted by atomic mass is 79.9. The zero-order valence-electron chi connectivity index (χ0n) is 10.4. The fraction of sp³-hybridized carbons (Fsp3) is 0.462. The molecule has 2 nitrogen and oxygen atoms in total. The SMILES string of the molecule is CC(C)(C)NC(=O)CSCc1ccccc1Br. The van der Waals surface area contributed by atoms with Crippen molar-refractivity contribution in [3.05, 3.63) is 34.3 Å². The number of benzene rings is 1. The first kappa shape index (κ1) is 14.6. The van der Waals surface area contributed by atoms with E-state index in [9.17, 15) is 4.79 Å². The standard InChI is InChI=1S/C13H18BrNOS/c1-13(2,3)15-12(16)9-17-8-10-6-4-5-7-11(10)14/h4-7H,8-9H2,1-3H3,(H,15,16). The van der Waals surface area contributed by atoms with Crippen LogP contribution in [0.25, 0.3) is 0 Å². The van der Waals surface area contributed by atoms with Gasteiger partial charge in [-0.1, -0.05) is 34.1 Å². The molecule has 0 aliphatic rings. The maximum absolute atomic E-state index is 11.6. The molecule has 0 heterocycles.